The highest BCUT2D eigenvalue weighted by molar-refractivity contribution is 7.89. The molecule has 0 aromatic heterocycles. The number of carbonyl (C=O) groups is 1. The number of aryl methyl sites for hydroxylation is 1. The van der Waals surface area contributed by atoms with Crippen LogP contribution < -0.4 is 10.0 Å². The van der Waals surface area contributed by atoms with Gasteiger partial charge in [0.2, 0.25) is 15.9 Å². The number of rotatable bonds is 7. The molecule has 0 unspecified atom stereocenters. The summed E-state index contributed by atoms with van der Waals surface area (Å²) in [5.41, 5.74) is 1.87. The van der Waals surface area contributed by atoms with Crippen LogP contribution in [0.25, 0.3) is 0 Å². The molecule has 2 rings (SSSR count). The van der Waals surface area contributed by atoms with Gasteiger partial charge in [0.05, 0.1) is 10.9 Å². The Bertz CT molecular complexity index is 836. The standard InChI is InChI=1S/C18H21ClN2O3S/c1-13-6-8-17(9-7-13)25(23,24)20-11-10-18(22)21-14(2)15-4-3-5-16(19)12-15/h3-9,12,14,20H,10-11H2,1-2H3,(H,21,22)/t14-/m1/s1. The maximum atomic E-state index is 12.1. The Labute approximate surface area is 153 Å². The molecule has 0 aliphatic rings. The summed E-state index contributed by atoms with van der Waals surface area (Å²) >= 11 is 5.94. The van der Waals surface area contributed by atoms with Crippen molar-refractivity contribution in [2.45, 2.75) is 31.2 Å². The van der Waals surface area contributed by atoms with Crippen LogP contribution in [0.15, 0.2) is 53.4 Å². The number of sulfonamides is 1. The highest BCUT2D eigenvalue weighted by atomic mass is 35.5. The van der Waals surface area contributed by atoms with Gasteiger partial charge in [0, 0.05) is 18.0 Å². The van der Waals surface area contributed by atoms with Crippen LogP contribution in [0.3, 0.4) is 0 Å². The Balaban J connectivity index is 1.84. The number of benzene rings is 2. The molecular formula is C18H21ClN2O3S. The monoisotopic (exact) mass is 380 g/mol. The average molecular weight is 381 g/mol. The van der Waals surface area contributed by atoms with Crippen LogP contribution in [-0.4, -0.2) is 20.9 Å². The molecule has 0 bridgehead atoms. The molecule has 5 nitrogen and oxygen atoms in total. The Hall–Kier alpha value is -1.89. The Morgan fingerprint density at radius 2 is 1.84 bits per heavy atom. The molecule has 1 amide bonds. The van der Waals surface area contributed by atoms with Crippen molar-refractivity contribution in [2.75, 3.05) is 6.54 Å². The summed E-state index contributed by atoms with van der Waals surface area (Å²) in [6.45, 7) is 3.76. The molecular weight excluding hydrogens is 360 g/mol. The molecule has 0 saturated heterocycles. The summed E-state index contributed by atoms with van der Waals surface area (Å²) in [6.07, 6.45) is 0.0516. The summed E-state index contributed by atoms with van der Waals surface area (Å²) in [5, 5.41) is 3.43. The molecule has 7 heteroatoms. The van der Waals surface area contributed by atoms with E-state index in [9.17, 15) is 13.2 Å². The fourth-order valence-corrected chi connectivity index (χ4v) is 3.50. The molecule has 2 N–H and O–H groups in total. The second kappa shape index (κ2) is 8.47. The number of hydrogen-bond acceptors (Lipinski definition) is 3. The normalized spacial score (nSPS) is 12.6. The van der Waals surface area contributed by atoms with Gasteiger partial charge in [-0.25, -0.2) is 13.1 Å². The first-order valence-corrected chi connectivity index (χ1v) is 9.75. The van der Waals surface area contributed by atoms with Crippen LogP contribution in [-0.2, 0) is 14.8 Å². The number of halogens is 1. The highest BCUT2D eigenvalue weighted by Crippen LogP contribution is 2.17. The fraction of sp³-hybridized carbons (Fsp3) is 0.278. The third-order valence-corrected chi connectivity index (χ3v) is 5.41. The lowest BCUT2D eigenvalue weighted by atomic mass is 10.1. The summed E-state index contributed by atoms with van der Waals surface area (Å²) in [4.78, 5) is 12.2. The maximum absolute atomic E-state index is 12.1. The van der Waals surface area contributed by atoms with Gasteiger partial charge in [-0.2, -0.15) is 0 Å². The zero-order valence-electron chi connectivity index (χ0n) is 14.1. The van der Waals surface area contributed by atoms with Gasteiger partial charge in [0.1, 0.15) is 0 Å². The Morgan fingerprint density at radius 1 is 1.16 bits per heavy atom. The minimum Gasteiger partial charge on any atom is -0.350 e. The molecule has 0 radical (unpaired) electrons. The van der Waals surface area contributed by atoms with Crippen LogP contribution in [0, 0.1) is 6.92 Å². The minimum atomic E-state index is -3.61. The lowest BCUT2D eigenvalue weighted by Gasteiger charge is -2.15. The molecule has 0 aliphatic carbocycles. The number of carbonyl (C=O) groups excluding carboxylic acids is 1. The van der Waals surface area contributed by atoms with Crippen molar-refractivity contribution in [3.8, 4) is 0 Å². The van der Waals surface area contributed by atoms with Crippen molar-refractivity contribution < 1.29 is 13.2 Å². The molecule has 1 atom stereocenters. The summed E-state index contributed by atoms with van der Waals surface area (Å²) in [7, 11) is -3.61. The van der Waals surface area contributed by atoms with Gasteiger partial charge in [0.15, 0.2) is 0 Å². The second-order valence-electron chi connectivity index (χ2n) is 5.81. The highest BCUT2D eigenvalue weighted by Gasteiger charge is 2.15. The molecule has 2 aromatic rings. The van der Waals surface area contributed by atoms with Gasteiger partial charge in [-0.05, 0) is 43.7 Å². The van der Waals surface area contributed by atoms with E-state index in [-0.39, 0.29) is 29.8 Å². The summed E-state index contributed by atoms with van der Waals surface area (Å²) < 4.78 is 26.7. The van der Waals surface area contributed by atoms with E-state index in [1.54, 1.807) is 36.4 Å². The van der Waals surface area contributed by atoms with Crippen LogP contribution >= 0.6 is 11.6 Å². The van der Waals surface area contributed by atoms with E-state index in [0.29, 0.717) is 5.02 Å². The van der Waals surface area contributed by atoms with Crippen molar-refractivity contribution in [1.82, 2.24) is 10.0 Å². The van der Waals surface area contributed by atoms with Crippen molar-refractivity contribution >= 4 is 27.5 Å². The zero-order chi connectivity index (χ0) is 18.4. The summed E-state index contributed by atoms with van der Waals surface area (Å²) in [5.74, 6) is -0.237. The zero-order valence-corrected chi connectivity index (χ0v) is 15.7. The van der Waals surface area contributed by atoms with Gasteiger partial charge in [-0.15, -0.1) is 0 Å². The first kappa shape index (κ1) is 19.4. The smallest absolute Gasteiger partial charge is 0.240 e. The lowest BCUT2D eigenvalue weighted by molar-refractivity contribution is -0.121. The number of nitrogens with one attached hydrogen (secondary N) is 2. The Kier molecular flexibility index (Phi) is 6.58. The van der Waals surface area contributed by atoms with E-state index in [2.05, 4.69) is 10.0 Å². The van der Waals surface area contributed by atoms with Crippen LogP contribution in [0.2, 0.25) is 5.02 Å². The van der Waals surface area contributed by atoms with E-state index in [4.69, 9.17) is 11.6 Å². The third kappa shape index (κ3) is 5.85. The topological polar surface area (TPSA) is 75.3 Å². The predicted octanol–water partition coefficient (Wildman–Crippen LogP) is 3.19. The maximum Gasteiger partial charge on any atom is 0.240 e. The number of amides is 1. The van der Waals surface area contributed by atoms with E-state index < -0.39 is 10.0 Å². The quantitative estimate of drug-likeness (QED) is 0.774. The molecule has 0 spiro atoms. The van der Waals surface area contributed by atoms with Gasteiger partial charge < -0.3 is 5.32 Å². The number of hydrogen-bond donors (Lipinski definition) is 2. The summed E-state index contributed by atoms with van der Waals surface area (Å²) in [6, 6.07) is 13.6. The first-order valence-electron chi connectivity index (χ1n) is 7.89. The second-order valence-corrected chi connectivity index (χ2v) is 8.01. The van der Waals surface area contributed by atoms with Crippen LogP contribution in [0.5, 0.6) is 0 Å². The third-order valence-electron chi connectivity index (χ3n) is 3.70. The average Bonchev–Trinajstić information content (AvgIpc) is 2.55. The van der Waals surface area contributed by atoms with Crippen LogP contribution in [0.1, 0.15) is 30.5 Å². The lowest BCUT2D eigenvalue weighted by Crippen LogP contribution is -2.32. The van der Waals surface area contributed by atoms with E-state index in [1.807, 2.05) is 26.0 Å². The first-order chi connectivity index (χ1) is 11.8. The van der Waals surface area contributed by atoms with Crippen molar-refractivity contribution in [3.63, 3.8) is 0 Å². The van der Waals surface area contributed by atoms with Crippen LogP contribution in [0.4, 0.5) is 0 Å². The van der Waals surface area contributed by atoms with Gasteiger partial charge in [-0.3, -0.25) is 4.79 Å². The SMILES string of the molecule is Cc1ccc(S(=O)(=O)NCCC(=O)N[C@H](C)c2cccc(Cl)c2)cc1. The fourth-order valence-electron chi connectivity index (χ4n) is 2.27. The van der Waals surface area contributed by atoms with E-state index in [0.717, 1.165) is 11.1 Å². The Morgan fingerprint density at radius 3 is 2.48 bits per heavy atom. The van der Waals surface area contributed by atoms with Crippen molar-refractivity contribution in [3.05, 3.63) is 64.7 Å². The molecule has 2 aromatic carbocycles. The largest absolute Gasteiger partial charge is 0.350 e. The van der Waals surface area contributed by atoms with Crippen molar-refractivity contribution in [2.24, 2.45) is 0 Å². The molecule has 25 heavy (non-hydrogen) atoms. The molecule has 134 valence electrons. The van der Waals surface area contributed by atoms with E-state index >= 15 is 0 Å². The van der Waals surface area contributed by atoms with Crippen molar-refractivity contribution in [1.29, 1.82) is 0 Å². The minimum absolute atomic E-state index is 0.0321. The molecule has 0 saturated carbocycles. The van der Waals surface area contributed by atoms with Gasteiger partial charge in [0.25, 0.3) is 0 Å². The molecule has 0 aliphatic heterocycles. The molecule has 0 heterocycles. The van der Waals surface area contributed by atoms with Gasteiger partial charge >= 0.3 is 0 Å². The van der Waals surface area contributed by atoms with Gasteiger partial charge in [-0.1, -0.05) is 41.4 Å². The van der Waals surface area contributed by atoms with E-state index in [1.165, 1.54) is 0 Å². The molecule has 0 fully saturated rings. The predicted molar refractivity (Wildman–Crippen MR) is 99.0 cm³/mol.